The molecule has 1 heterocycles. The summed E-state index contributed by atoms with van der Waals surface area (Å²) in [5.41, 5.74) is 1.42. The Hall–Kier alpha value is -2.49. The van der Waals surface area contributed by atoms with Crippen LogP contribution >= 0.6 is 0 Å². The van der Waals surface area contributed by atoms with Crippen LogP contribution in [0.4, 0.5) is 0 Å². The molecule has 0 unspecified atom stereocenters. The summed E-state index contributed by atoms with van der Waals surface area (Å²) in [6.07, 6.45) is 10.8. The van der Waals surface area contributed by atoms with Crippen LogP contribution in [0.15, 0.2) is 53.5 Å². The van der Waals surface area contributed by atoms with Crippen LogP contribution in [0, 0.1) is 23.2 Å². The number of rotatable bonds is 8. The third kappa shape index (κ3) is 3.92. The van der Waals surface area contributed by atoms with Gasteiger partial charge in [-0.15, -0.1) is 6.58 Å². The zero-order valence-corrected chi connectivity index (χ0v) is 17.6. The van der Waals surface area contributed by atoms with E-state index in [9.17, 15) is 4.79 Å². The molecule has 4 aliphatic rings. The van der Waals surface area contributed by atoms with Crippen molar-refractivity contribution in [2.24, 2.45) is 23.2 Å². The number of hydrogen-bond acceptors (Lipinski definition) is 3. The number of benzene rings is 1. The Balaban J connectivity index is 1.17. The van der Waals surface area contributed by atoms with Crippen LogP contribution < -0.4 is 10.1 Å². The maximum Gasteiger partial charge on any atom is 0.287 e. The minimum atomic E-state index is -0.107. The molecule has 2 aromatic rings. The smallest absolute Gasteiger partial charge is 0.287 e. The summed E-state index contributed by atoms with van der Waals surface area (Å²) in [7, 11) is 0. The lowest BCUT2D eigenvalue weighted by atomic mass is 9.49. The third-order valence-electron chi connectivity index (χ3n) is 7.38. The number of nitrogens with one attached hydrogen (secondary N) is 1. The van der Waals surface area contributed by atoms with E-state index in [1.807, 2.05) is 36.4 Å². The van der Waals surface area contributed by atoms with Gasteiger partial charge in [0.05, 0.1) is 0 Å². The topological polar surface area (TPSA) is 51.5 Å². The van der Waals surface area contributed by atoms with Gasteiger partial charge in [0.25, 0.3) is 5.91 Å². The van der Waals surface area contributed by atoms with Gasteiger partial charge in [0.2, 0.25) is 0 Å². The van der Waals surface area contributed by atoms with Crippen molar-refractivity contribution in [2.75, 3.05) is 6.54 Å². The summed E-state index contributed by atoms with van der Waals surface area (Å²) in [6.45, 7) is 4.89. The molecule has 158 valence electrons. The standard InChI is InChI=1S/C26H31NO3/c1-2-5-21-6-3-4-7-23(21)29-16-22-8-9-24(30-22)25(28)27-17-26-13-18-10-19(14-26)12-20(11-18)15-26/h2-4,6-9,18-20H,1,5,10-17H2,(H,27,28). The highest BCUT2D eigenvalue weighted by Crippen LogP contribution is 2.59. The lowest BCUT2D eigenvalue weighted by Crippen LogP contribution is -2.51. The van der Waals surface area contributed by atoms with Crippen LogP contribution in [0.5, 0.6) is 5.75 Å². The highest BCUT2D eigenvalue weighted by molar-refractivity contribution is 5.91. The molecule has 1 aromatic carbocycles. The van der Waals surface area contributed by atoms with Crippen molar-refractivity contribution >= 4 is 5.91 Å². The largest absolute Gasteiger partial charge is 0.485 e. The van der Waals surface area contributed by atoms with Crippen molar-refractivity contribution < 1.29 is 13.9 Å². The highest BCUT2D eigenvalue weighted by atomic mass is 16.5. The zero-order valence-electron chi connectivity index (χ0n) is 17.6. The number of ether oxygens (including phenoxy) is 1. The van der Waals surface area contributed by atoms with E-state index in [1.54, 1.807) is 6.07 Å². The van der Waals surface area contributed by atoms with E-state index in [4.69, 9.17) is 9.15 Å². The molecule has 4 aliphatic carbocycles. The monoisotopic (exact) mass is 405 g/mol. The van der Waals surface area contributed by atoms with Crippen molar-refractivity contribution in [3.63, 3.8) is 0 Å². The molecule has 0 saturated heterocycles. The second kappa shape index (κ2) is 7.98. The summed E-state index contributed by atoms with van der Waals surface area (Å²) in [4.78, 5) is 12.7. The second-order valence-corrected chi connectivity index (χ2v) is 9.76. The van der Waals surface area contributed by atoms with Gasteiger partial charge >= 0.3 is 0 Å². The molecular weight excluding hydrogens is 374 g/mol. The van der Waals surface area contributed by atoms with E-state index in [0.717, 1.165) is 42.0 Å². The predicted octanol–water partition coefficient (Wildman–Crippen LogP) is 5.53. The molecule has 4 fully saturated rings. The fourth-order valence-corrected chi connectivity index (χ4v) is 6.56. The molecule has 6 rings (SSSR count). The SMILES string of the molecule is C=CCc1ccccc1OCc1ccc(C(=O)NCC23CC4CC(CC(C4)C2)C3)o1. The van der Waals surface area contributed by atoms with Gasteiger partial charge in [0, 0.05) is 6.54 Å². The summed E-state index contributed by atoms with van der Waals surface area (Å²) in [6, 6.07) is 11.5. The van der Waals surface area contributed by atoms with Crippen molar-refractivity contribution in [1.29, 1.82) is 0 Å². The number of carbonyl (C=O) groups is 1. The van der Waals surface area contributed by atoms with Gasteiger partial charge in [-0.05, 0) is 91.9 Å². The molecule has 4 heteroatoms. The number of furan rings is 1. The van der Waals surface area contributed by atoms with Crippen LogP contribution in [0.25, 0.3) is 0 Å². The van der Waals surface area contributed by atoms with Crippen LogP contribution in [0.1, 0.15) is 60.4 Å². The lowest BCUT2D eigenvalue weighted by molar-refractivity contribution is -0.0504. The van der Waals surface area contributed by atoms with Gasteiger partial charge in [-0.3, -0.25) is 4.79 Å². The average molecular weight is 406 g/mol. The van der Waals surface area contributed by atoms with E-state index >= 15 is 0 Å². The Kier molecular flexibility index (Phi) is 5.18. The fraction of sp³-hybridized carbons (Fsp3) is 0.500. The average Bonchev–Trinajstić information content (AvgIpc) is 3.20. The molecule has 0 aliphatic heterocycles. The van der Waals surface area contributed by atoms with Gasteiger partial charge in [0.1, 0.15) is 18.1 Å². The number of amides is 1. The van der Waals surface area contributed by atoms with E-state index < -0.39 is 0 Å². The number of carbonyl (C=O) groups excluding carboxylic acids is 1. The maximum atomic E-state index is 12.7. The summed E-state index contributed by atoms with van der Waals surface area (Å²) < 4.78 is 11.7. The van der Waals surface area contributed by atoms with Gasteiger partial charge in [-0.1, -0.05) is 24.3 Å². The molecular formula is C26H31NO3. The first-order valence-corrected chi connectivity index (χ1v) is 11.3. The molecule has 0 atom stereocenters. The van der Waals surface area contributed by atoms with Crippen molar-refractivity contribution in [3.8, 4) is 5.75 Å². The Morgan fingerprint density at radius 3 is 2.50 bits per heavy atom. The summed E-state index contributed by atoms with van der Waals surface area (Å²) in [5, 5.41) is 3.18. The number of para-hydroxylation sites is 1. The first-order chi connectivity index (χ1) is 14.6. The molecule has 0 radical (unpaired) electrons. The van der Waals surface area contributed by atoms with E-state index in [0.29, 0.717) is 23.5 Å². The Morgan fingerprint density at radius 1 is 1.10 bits per heavy atom. The Labute approximate surface area is 178 Å². The van der Waals surface area contributed by atoms with E-state index in [-0.39, 0.29) is 5.91 Å². The predicted molar refractivity (Wildman–Crippen MR) is 116 cm³/mol. The molecule has 1 N–H and O–H groups in total. The molecule has 4 saturated carbocycles. The van der Waals surface area contributed by atoms with Crippen LogP contribution in [-0.2, 0) is 13.0 Å². The van der Waals surface area contributed by atoms with Gasteiger partial charge in [-0.25, -0.2) is 0 Å². The normalized spacial score (nSPS) is 29.0. The van der Waals surface area contributed by atoms with Crippen molar-refractivity contribution in [3.05, 3.63) is 66.1 Å². The summed E-state index contributed by atoms with van der Waals surface area (Å²) in [5.74, 6) is 4.42. The maximum absolute atomic E-state index is 12.7. The molecule has 1 amide bonds. The van der Waals surface area contributed by atoms with Crippen LogP contribution in [-0.4, -0.2) is 12.5 Å². The van der Waals surface area contributed by atoms with Crippen LogP contribution in [0.2, 0.25) is 0 Å². The Morgan fingerprint density at radius 2 is 1.80 bits per heavy atom. The second-order valence-electron chi connectivity index (χ2n) is 9.76. The third-order valence-corrected chi connectivity index (χ3v) is 7.38. The first kappa shape index (κ1) is 19.5. The van der Waals surface area contributed by atoms with Gasteiger partial charge < -0.3 is 14.5 Å². The zero-order chi connectivity index (χ0) is 20.6. The molecule has 30 heavy (non-hydrogen) atoms. The van der Waals surface area contributed by atoms with Gasteiger partial charge in [0.15, 0.2) is 5.76 Å². The minimum Gasteiger partial charge on any atom is -0.485 e. The van der Waals surface area contributed by atoms with Gasteiger partial charge in [-0.2, -0.15) is 0 Å². The molecule has 0 spiro atoms. The molecule has 4 nitrogen and oxygen atoms in total. The molecule has 4 bridgehead atoms. The minimum absolute atomic E-state index is 0.107. The van der Waals surface area contributed by atoms with Crippen LogP contribution in [0.3, 0.4) is 0 Å². The Bertz CT molecular complexity index is 893. The fourth-order valence-electron chi connectivity index (χ4n) is 6.56. The van der Waals surface area contributed by atoms with E-state index in [2.05, 4.69) is 11.9 Å². The summed E-state index contributed by atoms with van der Waals surface area (Å²) >= 11 is 0. The highest BCUT2D eigenvalue weighted by Gasteiger charge is 2.50. The number of allylic oxidation sites excluding steroid dienone is 1. The van der Waals surface area contributed by atoms with Crippen molar-refractivity contribution in [2.45, 2.75) is 51.6 Å². The number of hydrogen-bond donors (Lipinski definition) is 1. The molecule has 1 aromatic heterocycles. The first-order valence-electron chi connectivity index (χ1n) is 11.3. The quantitative estimate of drug-likeness (QED) is 0.587. The van der Waals surface area contributed by atoms with Crippen molar-refractivity contribution in [1.82, 2.24) is 5.32 Å². The lowest BCUT2D eigenvalue weighted by Gasteiger charge is -2.56. The van der Waals surface area contributed by atoms with E-state index in [1.165, 1.54) is 38.5 Å².